The van der Waals surface area contributed by atoms with E-state index >= 15 is 0 Å². The Morgan fingerprint density at radius 1 is 1.11 bits per heavy atom. The maximum Gasteiger partial charge on any atom is 0.263 e. The Labute approximate surface area is 163 Å². The van der Waals surface area contributed by atoms with Crippen molar-refractivity contribution >= 4 is 37.4 Å². The van der Waals surface area contributed by atoms with Gasteiger partial charge in [0.2, 0.25) is 0 Å². The summed E-state index contributed by atoms with van der Waals surface area (Å²) in [6.07, 6.45) is 0. The molecule has 142 valence electrons. The van der Waals surface area contributed by atoms with E-state index in [4.69, 9.17) is 0 Å². The summed E-state index contributed by atoms with van der Waals surface area (Å²) in [7, 11) is -3.91. The summed E-state index contributed by atoms with van der Waals surface area (Å²) in [6, 6.07) is 14.7. The zero-order valence-corrected chi connectivity index (χ0v) is 16.0. The van der Waals surface area contributed by atoms with E-state index in [2.05, 4.69) is 14.7 Å². The second-order valence-electron chi connectivity index (χ2n) is 6.02. The normalized spacial score (nSPS) is 11.6. The van der Waals surface area contributed by atoms with Gasteiger partial charge in [-0.25, -0.2) is 17.8 Å². The fraction of sp³-hybridized carbons (Fsp3) is 0.0526. The number of para-hydroxylation sites is 1. The highest BCUT2D eigenvalue weighted by Crippen LogP contribution is 2.26. The standard InChI is InChI=1S/C19H14FN3O3S2/c20-10-12-4-3-6-14(8-12)28(25,26)23-19-22-17(11-27-19)15-9-13-5-1-2-7-16(13)21-18(15)24/h1-9,11H,10H2,(H,21,24)(H,22,23). The molecule has 0 spiro atoms. The molecule has 6 nitrogen and oxygen atoms in total. The maximum atomic E-state index is 12.8. The second-order valence-corrected chi connectivity index (χ2v) is 8.56. The molecule has 2 aromatic carbocycles. The molecule has 0 amide bonds. The number of hydrogen-bond donors (Lipinski definition) is 2. The van der Waals surface area contributed by atoms with E-state index in [0.29, 0.717) is 16.8 Å². The lowest BCUT2D eigenvalue weighted by molar-refractivity contribution is 0.484. The molecule has 4 rings (SSSR count). The van der Waals surface area contributed by atoms with Crippen molar-refractivity contribution in [2.45, 2.75) is 11.6 Å². The third kappa shape index (κ3) is 3.54. The lowest BCUT2D eigenvalue weighted by Gasteiger charge is -2.06. The van der Waals surface area contributed by atoms with Crippen LogP contribution in [-0.2, 0) is 16.7 Å². The third-order valence-corrected chi connectivity index (χ3v) is 6.34. The van der Waals surface area contributed by atoms with Crippen LogP contribution in [0.1, 0.15) is 5.56 Å². The van der Waals surface area contributed by atoms with Gasteiger partial charge in [0.15, 0.2) is 5.13 Å². The number of nitrogens with zero attached hydrogens (tertiary/aromatic N) is 1. The number of sulfonamides is 1. The highest BCUT2D eigenvalue weighted by molar-refractivity contribution is 7.93. The van der Waals surface area contributed by atoms with Crippen LogP contribution in [0.2, 0.25) is 0 Å². The minimum absolute atomic E-state index is 0.0528. The predicted octanol–water partition coefficient (Wildman–Crippen LogP) is 3.92. The second kappa shape index (κ2) is 7.17. The molecule has 0 fully saturated rings. The van der Waals surface area contributed by atoms with E-state index in [1.54, 1.807) is 17.5 Å². The minimum Gasteiger partial charge on any atom is -0.321 e. The van der Waals surface area contributed by atoms with E-state index in [9.17, 15) is 17.6 Å². The average Bonchev–Trinajstić information content (AvgIpc) is 3.15. The highest BCUT2D eigenvalue weighted by Gasteiger charge is 2.18. The van der Waals surface area contributed by atoms with Crippen molar-refractivity contribution in [2.75, 3.05) is 4.72 Å². The fourth-order valence-electron chi connectivity index (χ4n) is 2.75. The van der Waals surface area contributed by atoms with E-state index in [-0.39, 0.29) is 21.1 Å². The van der Waals surface area contributed by atoms with Gasteiger partial charge in [-0.3, -0.25) is 9.52 Å². The van der Waals surface area contributed by atoms with E-state index in [1.807, 2.05) is 18.2 Å². The number of hydrogen-bond acceptors (Lipinski definition) is 5. The number of anilines is 1. The third-order valence-electron chi connectivity index (χ3n) is 4.12. The topological polar surface area (TPSA) is 91.9 Å². The Balaban J connectivity index is 1.66. The molecule has 28 heavy (non-hydrogen) atoms. The van der Waals surface area contributed by atoms with Crippen molar-refractivity contribution in [1.29, 1.82) is 0 Å². The van der Waals surface area contributed by atoms with Crippen LogP contribution in [0.15, 0.2) is 69.7 Å². The quantitative estimate of drug-likeness (QED) is 0.517. The minimum atomic E-state index is -3.91. The van der Waals surface area contributed by atoms with Crippen molar-refractivity contribution < 1.29 is 12.8 Å². The number of aromatic nitrogens is 2. The van der Waals surface area contributed by atoms with Crippen LogP contribution in [0, 0.1) is 0 Å². The van der Waals surface area contributed by atoms with Gasteiger partial charge in [0, 0.05) is 10.9 Å². The van der Waals surface area contributed by atoms with Gasteiger partial charge in [-0.15, -0.1) is 11.3 Å². The first-order valence-electron chi connectivity index (χ1n) is 8.22. The first kappa shape index (κ1) is 18.3. The van der Waals surface area contributed by atoms with Gasteiger partial charge < -0.3 is 4.98 Å². The van der Waals surface area contributed by atoms with Gasteiger partial charge in [0.1, 0.15) is 6.67 Å². The number of rotatable bonds is 5. The van der Waals surface area contributed by atoms with Crippen molar-refractivity contribution in [3.8, 4) is 11.3 Å². The molecule has 0 bridgehead atoms. The van der Waals surface area contributed by atoms with Gasteiger partial charge >= 0.3 is 0 Å². The highest BCUT2D eigenvalue weighted by atomic mass is 32.2. The SMILES string of the molecule is O=c1[nH]c2ccccc2cc1-c1csc(NS(=O)(=O)c2cccc(CF)c2)n1. The van der Waals surface area contributed by atoms with Crippen LogP contribution in [0.4, 0.5) is 9.52 Å². The molecule has 0 saturated heterocycles. The molecule has 2 aromatic heterocycles. The number of alkyl halides is 1. The Morgan fingerprint density at radius 3 is 2.75 bits per heavy atom. The zero-order valence-electron chi connectivity index (χ0n) is 14.3. The summed E-state index contributed by atoms with van der Waals surface area (Å²) in [4.78, 5) is 19.3. The zero-order chi connectivity index (χ0) is 19.7. The van der Waals surface area contributed by atoms with Crippen molar-refractivity contribution in [3.63, 3.8) is 0 Å². The monoisotopic (exact) mass is 415 g/mol. The number of fused-ring (bicyclic) bond motifs is 1. The van der Waals surface area contributed by atoms with Crippen LogP contribution in [0.25, 0.3) is 22.2 Å². The van der Waals surface area contributed by atoms with Crippen LogP contribution >= 0.6 is 11.3 Å². The number of pyridine rings is 1. The van der Waals surface area contributed by atoms with Crippen molar-refractivity contribution in [2.24, 2.45) is 0 Å². The van der Waals surface area contributed by atoms with Crippen LogP contribution in [0.5, 0.6) is 0 Å². The Bertz CT molecular complexity index is 1330. The summed E-state index contributed by atoms with van der Waals surface area (Å²) in [5.74, 6) is 0. The lowest BCUT2D eigenvalue weighted by Crippen LogP contribution is -2.13. The molecule has 4 aromatic rings. The molecule has 0 unspecified atom stereocenters. The van der Waals surface area contributed by atoms with Crippen LogP contribution in [-0.4, -0.2) is 18.4 Å². The molecule has 0 atom stereocenters. The number of nitrogens with one attached hydrogen (secondary N) is 2. The average molecular weight is 415 g/mol. The Morgan fingerprint density at radius 2 is 1.93 bits per heavy atom. The molecule has 0 aliphatic carbocycles. The number of aromatic amines is 1. The summed E-state index contributed by atoms with van der Waals surface area (Å²) >= 11 is 1.06. The van der Waals surface area contributed by atoms with Gasteiger partial charge in [-0.05, 0) is 35.2 Å². The summed E-state index contributed by atoms with van der Waals surface area (Å²) in [5.41, 5.74) is 1.38. The van der Waals surface area contributed by atoms with E-state index in [1.165, 1.54) is 24.3 Å². The number of benzene rings is 2. The molecule has 2 N–H and O–H groups in total. The first-order valence-corrected chi connectivity index (χ1v) is 10.6. The van der Waals surface area contributed by atoms with Gasteiger partial charge in [0.25, 0.3) is 15.6 Å². The van der Waals surface area contributed by atoms with Gasteiger partial charge in [-0.1, -0.05) is 30.3 Å². The smallest absolute Gasteiger partial charge is 0.263 e. The molecule has 0 saturated carbocycles. The van der Waals surface area contributed by atoms with Crippen LogP contribution < -0.4 is 10.3 Å². The maximum absolute atomic E-state index is 12.8. The predicted molar refractivity (Wildman–Crippen MR) is 108 cm³/mol. The van der Waals surface area contributed by atoms with Crippen molar-refractivity contribution in [1.82, 2.24) is 9.97 Å². The molecule has 0 radical (unpaired) electrons. The summed E-state index contributed by atoms with van der Waals surface area (Å²) in [6.45, 7) is -0.754. The molecule has 0 aliphatic rings. The number of H-pyrrole nitrogens is 1. The lowest BCUT2D eigenvalue weighted by atomic mass is 10.1. The largest absolute Gasteiger partial charge is 0.321 e. The number of thiazole rings is 1. The number of halogens is 1. The molecular weight excluding hydrogens is 401 g/mol. The van der Waals surface area contributed by atoms with E-state index in [0.717, 1.165) is 16.7 Å². The van der Waals surface area contributed by atoms with Gasteiger partial charge in [-0.2, -0.15) is 0 Å². The summed E-state index contributed by atoms with van der Waals surface area (Å²) in [5, 5.41) is 2.57. The van der Waals surface area contributed by atoms with E-state index < -0.39 is 16.7 Å². The van der Waals surface area contributed by atoms with Crippen molar-refractivity contribution in [3.05, 3.63) is 75.9 Å². The Hall–Kier alpha value is -3.04. The van der Waals surface area contributed by atoms with Gasteiger partial charge in [0.05, 0.1) is 16.2 Å². The molecule has 2 heterocycles. The molecule has 0 aliphatic heterocycles. The Kier molecular flexibility index (Phi) is 4.70. The van der Waals surface area contributed by atoms with Crippen LogP contribution in [0.3, 0.4) is 0 Å². The summed E-state index contributed by atoms with van der Waals surface area (Å²) < 4.78 is 40.2. The molecular formula is C19H14FN3O3S2. The molecule has 9 heteroatoms. The first-order chi connectivity index (χ1) is 13.5. The fourth-order valence-corrected chi connectivity index (χ4v) is 4.78.